The first-order chi connectivity index (χ1) is 9.66. The number of amides is 1. The van der Waals surface area contributed by atoms with Gasteiger partial charge in [0.05, 0.1) is 11.3 Å². The fourth-order valence-corrected chi connectivity index (χ4v) is 2.73. The summed E-state index contributed by atoms with van der Waals surface area (Å²) in [5, 5.41) is 8.85. The first-order valence-electron chi connectivity index (χ1n) is 5.83. The van der Waals surface area contributed by atoms with Crippen LogP contribution in [0.2, 0.25) is 0 Å². The van der Waals surface area contributed by atoms with E-state index in [1.54, 1.807) is 12.1 Å². The summed E-state index contributed by atoms with van der Waals surface area (Å²) in [7, 11) is 0. The molecule has 1 aromatic carbocycles. The van der Waals surface area contributed by atoms with Crippen LogP contribution in [0.15, 0.2) is 52.6 Å². The smallest absolute Gasteiger partial charge is 0.250 e. The van der Waals surface area contributed by atoms with Crippen LogP contribution in [-0.2, 0) is 0 Å². The Morgan fingerprint density at radius 1 is 1.15 bits per heavy atom. The number of nitrogens with two attached hydrogens (primary N) is 2. The monoisotopic (exact) mass is 285 g/mol. The Morgan fingerprint density at radius 3 is 2.80 bits per heavy atom. The summed E-state index contributed by atoms with van der Waals surface area (Å²) in [5.41, 5.74) is 12.7. The largest absolute Gasteiger partial charge is 0.397 e. The minimum Gasteiger partial charge on any atom is -0.397 e. The second-order valence-corrected chi connectivity index (χ2v) is 5.10. The number of carbonyl (C=O) groups excluding carboxylic acids is 1. The van der Waals surface area contributed by atoms with E-state index in [4.69, 9.17) is 11.5 Å². The molecule has 0 fully saturated rings. The predicted molar refractivity (Wildman–Crippen MR) is 76.5 cm³/mol. The van der Waals surface area contributed by atoms with Gasteiger partial charge in [-0.25, -0.2) is 0 Å². The SMILES string of the molecule is NC(=O)c1cccc(Sc2nnc3ccccn23)c1N. The van der Waals surface area contributed by atoms with Crippen LogP contribution in [0.5, 0.6) is 0 Å². The van der Waals surface area contributed by atoms with Gasteiger partial charge in [-0.05, 0) is 36.0 Å². The zero-order valence-electron chi connectivity index (χ0n) is 10.4. The number of fused-ring (bicyclic) bond motifs is 1. The highest BCUT2D eigenvalue weighted by Crippen LogP contribution is 2.32. The molecular formula is C13H11N5OS. The lowest BCUT2D eigenvalue weighted by Gasteiger charge is -2.07. The van der Waals surface area contributed by atoms with Gasteiger partial charge in [-0.1, -0.05) is 12.1 Å². The summed E-state index contributed by atoms with van der Waals surface area (Å²) in [5.74, 6) is -0.545. The molecule has 0 spiro atoms. The first kappa shape index (κ1) is 12.5. The summed E-state index contributed by atoms with van der Waals surface area (Å²) in [6.45, 7) is 0. The highest BCUT2D eigenvalue weighted by molar-refractivity contribution is 7.99. The second kappa shape index (κ2) is 4.86. The van der Waals surface area contributed by atoms with Crippen molar-refractivity contribution in [2.75, 3.05) is 5.73 Å². The molecule has 0 saturated carbocycles. The molecule has 0 bridgehead atoms. The molecule has 0 radical (unpaired) electrons. The van der Waals surface area contributed by atoms with Crippen LogP contribution in [0.1, 0.15) is 10.4 Å². The Hall–Kier alpha value is -2.54. The van der Waals surface area contributed by atoms with E-state index in [1.807, 2.05) is 34.9 Å². The number of carbonyl (C=O) groups is 1. The lowest BCUT2D eigenvalue weighted by atomic mass is 10.2. The van der Waals surface area contributed by atoms with Crippen molar-refractivity contribution >= 4 is 29.0 Å². The molecule has 0 aliphatic carbocycles. The zero-order valence-corrected chi connectivity index (χ0v) is 11.2. The van der Waals surface area contributed by atoms with Crippen molar-refractivity contribution in [2.24, 2.45) is 5.73 Å². The highest BCUT2D eigenvalue weighted by atomic mass is 32.2. The predicted octanol–water partition coefficient (Wildman–Crippen LogP) is 1.56. The fourth-order valence-electron chi connectivity index (χ4n) is 1.84. The average Bonchev–Trinajstić information content (AvgIpc) is 2.84. The van der Waals surface area contributed by atoms with Crippen LogP contribution in [-0.4, -0.2) is 20.5 Å². The van der Waals surface area contributed by atoms with Crippen LogP contribution >= 0.6 is 11.8 Å². The summed E-state index contributed by atoms with van der Waals surface area (Å²) >= 11 is 1.34. The van der Waals surface area contributed by atoms with Crippen LogP contribution in [0, 0.1) is 0 Å². The van der Waals surface area contributed by atoms with Gasteiger partial charge in [0.1, 0.15) is 0 Å². The van der Waals surface area contributed by atoms with Gasteiger partial charge < -0.3 is 11.5 Å². The van der Waals surface area contributed by atoms with Crippen molar-refractivity contribution < 1.29 is 4.79 Å². The Kier molecular flexibility index (Phi) is 3.03. The molecule has 2 heterocycles. The number of rotatable bonds is 3. The Labute approximate surface area is 118 Å². The molecule has 0 atom stereocenters. The number of nitrogens with zero attached hydrogens (tertiary/aromatic N) is 3. The van der Waals surface area contributed by atoms with Crippen LogP contribution in [0.25, 0.3) is 5.65 Å². The lowest BCUT2D eigenvalue weighted by molar-refractivity contribution is 0.100. The molecule has 2 aromatic heterocycles. The van der Waals surface area contributed by atoms with Crippen LogP contribution < -0.4 is 11.5 Å². The van der Waals surface area contributed by atoms with Gasteiger partial charge in [-0.2, -0.15) is 0 Å². The maximum atomic E-state index is 11.3. The summed E-state index contributed by atoms with van der Waals surface area (Å²) in [6, 6.07) is 10.8. The van der Waals surface area contributed by atoms with E-state index in [1.165, 1.54) is 11.8 Å². The molecule has 7 heteroatoms. The van der Waals surface area contributed by atoms with Crippen LogP contribution in [0.4, 0.5) is 5.69 Å². The van der Waals surface area contributed by atoms with Crippen molar-refractivity contribution in [2.45, 2.75) is 10.1 Å². The molecule has 3 rings (SSSR count). The second-order valence-electron chi connectivity index (χ2n) is 4.10. The molecule has 0 aliphatic heterocycles. The molecule has 100 valence electrons. The minimum atomic E-state index is -0.545. The lowest BCUT2D eigenvalue weighted by Crippen LogP contribution is -2.13. The molecule has 3 aromatic rings. The third-order valence-corrected chi connectivity index (χ3v) is 3.85. The summed E-state index contributed by atoms with van der Waals surface area (Å²) in [4.78, 5) is 12.0. The van der Waals surface area contributed by atoms with Gasteiger partial charge in [0, 0.05) is 11.1 Å². The molecule has 0 unspecified atom stereocenters. The van der Waals surface area contributed by atoms with Crippen molar-refractivity contribution in [1.82, 2.24) is 14.6 Å². The molecule has 1 amide bonds. The van der Waals surface area contributed by atoms with Gasteiger partial charge in [-0.3, -0.25) is 9.20 Å². The van der Waals surface area contributed by atoms with Gasteiger partial charge in [-0.15, -0.1) is 10.2 Å². The van der Waals surface area contributed by atoms with E-state index in [0.29, 0.717) is 16.4 Å². The molecule has 20 heavy (non-hydrogen) atoms. The van der Waals surface area contributed by atoms with E-state index < -0.39 is 5.91 Å². The van der Waals surface area contributed by atoms with E-state index >= 15 is 0 Å². The number of benzene rings is 1. The van der Waals surface area contributed by atoms with Gasteiger partial charge in [0.25, 0.3) is 5.91 Å². The number of hydrogen-bond acceptors (Lipinski definition) is 5. The normalized spacial score (nSPS) is 10.8. The van der Waals surface area contributed by atoms with Crippen LogP contribution in [0.3, 0.4) is 0 Å². The quantitative estimate of drug-likeness (QED) is 0.711. The minimum absolute atomic E-state index is 0.309. The molecule has 0 aliphatic rings. The molecule has 6 nitrogen and oxygen atoms in total. The number of primary amides is 1. The van der Waals surface area contributed by atoms with Crippen molar-refractivity contribution in [3.63, 3.8) is 0 Å². The van der Waals surface area contributed by atoms with Gasteiger partial charge in [0.15, 0.2) is 5.65 Å². The fraction of sp³-hybridized carbons (Fsp3) is 0. The first-order valence-corrected chi connectivity index (χ1v) is 6.64. The number of aromatic nitrogens is 3. The summed E-state index contributed by atoms with van der Waals surface area (Å²) < 4.78 is 1.85. The molecule has 4 N–H and O–H groups in total. The van der Waals surface area contributed by atoms with E-state index in [-0.39, 0.29) is 0 Å². The van der Waals surface area contributed by atoms with E-state index in [2.05, 4.69) is 10.2 Å². The van der Waals surface area contributed by atoms with E-state index in [0.717, 1.165) is 10.5 Å². The van der Waals surface area contributed by atoms with Crippen molar-refractivity contribution in [3.8, 4) is 0 Å². The van der Waals surface area contributed by atoms with E-state index in [9.17, 15) is 4.79 Å². The van der Waals surface area contributed by atoms with Gasteiger partial charge in [0.2, 0.25) is 5.16 Å². The Bertz CT molecular complexity index is 798. The van der Waals surface area contributed by atoms with Crippen molar-refractivity contribution in [1.29, 1.82) is 0 Å². The number of para-hydroxylation sites is 1. The Morgan fingerprint density at radius 2 is 2.00 bits per heavy atom. The molecular weight excluding hydrogens is 274 g/mol. The number of anilines is 1. The van der Waals surface area contributed by atoms with Gasteiger partial charge >= 0.3 is 0 Å². The maximum Gasteiger partial charge on any atom is 0.250 e. The third kappa shape index (κ3) is 2.08. The third-order valence-electron chi connectivity index (χ3n) is 2.82. The zero-order chi connectivity index (χ0) is 14.1. The Balaban J connectivity index is 2.03. The average molecular weight is 285 g/mol. The number of nitrogen functional groups attached to an aromatic ring is 1. The highest BCUT2D eigenvalue weighted by Gasteiger charge is 2.13. The molecule has 0 saturated heterocycles. The standard InChI is InChI=1S/C13H11N5OS/c14-11-8(12(15)19)4-3-5-9(11)20-13-17-16-10-6-1-2-7-18(10)13/h1-7H,14H2,(H2,15,19). The topological polar surface area (TPSA) is 99.3 Å². The van der Waals surface area contributed by atoms with Crippen molar-refractivity contribution in [3.05, 3.63) is 48.2 Å². The number of hydrogen-bond donors (Lipinski definition) is 2. The number of pyridine rings is 1. The summed E-state index contributed by atoms with van der Waals surface area (Å²) in [6.07, 6.45) is 1.87. The maximum absolute atomic E-state index is 11.3.